The van der Waals surface area contributed by atoms with E-state index in [2.05, 4.69) is 25.0 Å². The van der Waals surface area contributed by atoms with Crippen LogP contribution in [0.25, 0.3) is 0 Å². The lowest BCUT2D eigenvalue weighted by Crippen LogP contribution is -2.50. The molecule has 2 N–H and O–H groups in total. The molecule has 0 aromatic heterocycles. The van der Waals surface area contributed by atoms with Gasteiger partial charge >= 0.3 is 0 Å². The standard InChI is InChI=1S/C17H33N3O2S/c1-13-10-19(11-14(2)22-13)12-15-4-7-20(8-5-15)17(21)16(18)6-9-23-3/h13-16H,4-12,18H2,1-3H3/t13?,14?,16-/m0/s1. The number of hydrogen-bond acceptors (Lipinski definition) is 5. The first-order valence-electron chi connectivity index (χ1n) is 8.90. The molecule has 2 saturated heterocycles. The molecule has 0 aromatic rings. The van der Waals surface area contributed by atoms with Crippen LogP contribution in [0.3, 0.4) is 0 Å². The molecular formula is C17H33N3O2S. The minimum atomic E-state index is -0.319. The SMILES string of the molecule is CSCC[C@H](N)C(=O)N1CCC(CN2CC(C)OC(C)C2)CC1. The van der Waals surface area contributed by atoms with Gasteiger partial charge in [0.15, 0.2) is 0 Å². The Morgan fingerprint density at radius 2 is 1.87 bits per heavy atom. The Kier molecular flexibility index (Phi) is 7.66. The van der Waals surface area contributed by atoms with Gasteiger partial charge in [-0.3, -0.25) is 9.69 Å². The van der Waals surface area contributed by atoms with E-state index in [4.69, 9.17) is 10.5 Å². The van der Waals surface area contributed by atoms with E-state index in [1.807, 2.05) is 4.90 Å². The molecule has 2 rings (SSSR count). The summed E-state index contributed by atoms with van der Waals surface area (Å²) in [5, 5.41) is 0. The zero-order valence-corrected chi connectivity index (χ0v) is 15.7. The van der Waals surface area contributed by atoms with E-state index in [0.29, 0.717) is 18.1 Å². The van der Waals surface area contributed by atoms with Gasteiger partial charge in [0.25, 0.3) is 0 Å². The van der Waals surface area contributed by atoms with E-state index in [1.165, 1.54) is 0 Å². The molecule has 0 radical (unpaired) electrons. The number of amides is 1. The van der Waals surface area contributed by atoms with Crippen LogP contribution in [-0.4, -0.2) is 78.7 Å². The van der Waals surface area contributed by atoms with Gasteiger partial charge < -0.3 is 15.4 Å². The third kappa shape index (κ3) is 5.93. The minimum absolute atomic E-state index is 0.145. The first kappa shape index (κ1) is 19.0. The van der Waals surface area contributed by atoms with Crippen molar-refractivity contribution in [1.82, 2.24) is 9.80 Å². The van der Waals surface area contributed by atoms with Crippen LogP contribution in [0, 0.1) is 5.92 Å². The van der Waals surface area contributed by atoms with Gasteiger partial charge in [0.2, 0.25) is 5.91 Å². The van der Waals surface area contributed by atoms with Crippen molar-refractivity contribution in [1.29, 1.82) is 0 Å². The van der Waals surface area contributed by atoms with Crippen molar-refractivity contribution < 1.29 is 9.53 Å². The summed E-state index contributed by atoms with van der Waals surface area (Å²) >= 11 is 1.75. The number of carbonyl (C=O) groups is 1. The number of carbonyl (C=O) groups excluding carboxylic acids is 1. The summed E-state index contributed by atoms with van der Waals surface area (Å²) < 4.78 is 5.80. The Balaban J connectivity index is 1.72. The normalized spacial score (nSPS) is 28.8. The maximum absolute atomic E-state index is 12.4. The van der Waals surface area contributed by atoms with Crippen molar-refractivity contribution in [2.45, 2.75) is 51.4 Å². The highest BCUT2D eigenvalue weighted by Crippen LogP contribution is 2.21. The van der Waals surface area contributed by atoms with Crippen LogP contribution in [0.4, 0.5) is 0 Å². The Morgan fingerprint density at radius 3 is 2.43 bits per heavy atom. The van der Waals surface area contributed by atoms with Crippen LogP contribution in [0.15, 0.2) is 0 Å². The molecule has 0 aromatic carbocycles. The van der Waals surface area contributed by atoms with Crippen LogP contribution in [0.2, 0.25) is 0 Å². The quantitative estimate of drug-likeness (QED) is 0.790. The Hall–Kier alpha value is -0.300. The van der Waals surface area contributed by atoms with Crippen LogP contribution in [-0.2, 0) is 9.53 Å². The lowest BCUT2D eigenvalue weighted by molar-refractivity contribution is -0.134. The molecule has 6 heteroatoms. The second-order valence-electron chi connectivity index (χ2n) is 7.13. The fourth-order valence-electron chi connectivity index (χ4n) is 3.74. The fraction of sp³-hybridized carbons (Fsp3) is 0.941. The first-order chi connectivity index (χ1) is 11.0. The lowest BCUT2D eigenvalue weighted by atomic mass is 9.95. The van der Waals surface area contributed by atoms with Crippen molar-refractivity contribution >= 4 is 17.7 Å². The summed E-state index contributed by atoms with van der Waals surface area (Å²) in [4.78, 5) is 16.9. The number of piperidine rings is 1. The summed E-state index contributed by atoms with van der Waals surface area (Å²) in [6.45, 7) is 9.24. The Labute approximate surface area is 145 Å². The van der Waals surface area contributed by atoms with Crippen LogP contribution >= 0.6 is 11.8 Å². The van der Waals surface area contributed by atoms with E-state index < -0.39 is 0 Å². The highest BCUT2D eigenvalue weighted by Gasteiger charge is 2.29. The zero-order valence-electron chi connectivity index (χ0n) is 14.9. The predicted octanol–water partition coefficient (Wildman–Crippen LogP) is 1.41. The van der Waals surface area contributed by atoms with Gasteiger partial charge in [-0.15, -0.1) is 0 Å². The molecule has 0 spiro atoms. The molecule has 1 amide bonds. The van der Waals surface area contributed by atoms with E-state index in [0.717, 1.165) is 57.7 Å². The molecule has 5 nitrogen and oxygen atoms in total. The molecular weight excluding hydrogens is 310 g/mol. The molecule has 3 atom stereocenters. The van der Waals surface area contributed by atoms with Gasteiger partial charge in [-0.25, -0.2) is 0 Å². The highest BCUT2D eigenvalue weighted by atomic mass is 32.2. The third-order valence-corrected chi connectivity index (χ3v) is 5.53. The van der Waals surface area contributed by atoms with E-state index in [-0.39, 0.29) is 11.9 Å². The van der Waals surface area contributed by atoms with E-state index >= 15 is 0 Å². The van der Waals surface area contributed by atoms with Crippen molar-refractivity contribution in [3.8, 4) is 0 Å². The molecule has 2 aliphatic rings. The number of rotatable bonds is 6. The van der Waals surface area contributed by atoms with Crippen LogP contribution < -0.4 is 5.73 Å². The number of nitrogens with two attached hydrogens (primary N) is 1. The summed E-state index contributed by atoms with van der Waals surface area (Å²) in [6, 6.07) is -0.319. The topological polar surface area (TPSA) is 58.8 Å². The molecule has 134 valence electrons. The van der Waals surface area contributed by atoms with E-state index in [9.17, 15) is 4.79 Å². The molecule has 0 aliphatic carbocycles. The first-order valence-corrected chi connectivity index (χ1v) is 10.3. The van der Waals surface area contributed by atoms with Crippen molar-refractivity contribution in [3.63, 3.8) is 0 Å². The van der Waals surface area contributed by atoms with Gasteiger partial charge in [0.1, 0.15) is 0 Å². The highest BCUT2D eigenvalue weighted by molar-refractivity contribution is 7.98. The largest absolute Gasteiger partial charge is 0.373 e. The smallest absolute Gasteiger partial charge is 0.239 e. The number of hydrogen-bond donors (Lipinski definition) is 1. The molecule has 23 heavy (non-hydrogen) atoms. The maximum atomic E-state index is 12.4. The van der Waals surface area contributed by atoms with Gasteiger partial charge in [-0.1, -0.05) is 0 Å². The number of ether oxygens (including phenoxy) is 1. The summed E-state index contributed by atoms with van der Waals surface area (Å²) in [5.41, 5.74) is 6.02. The van der Waals surface area contributed by atoms with Gasteiger partial charge in [0.05, 0.1) is 18.2 Å². The second-order valence-corrected chi connectivity index (χ2v) is 8.12. The summed E-state index contributed by atoms with van der Waals surface area (Å²) in [6.07, 6.45) is 5.69. The Bertz CT molecular complexity index is 365. The molecule has 0 bridgehead atoms. The predicted molar refractivity (Wildman–Crippen MR) is 96.7 cm³/mol. The molecule has 0 saturated carbocycles. The van der Waals surface area contributed by atoms with Gasteiger partial charge in [-0.05, 0) is 51.0 Å². The number of nitrogens with zero attached hydrogens (tertiary/aromatic N) is 2. The lowest BCUT2D eigenvalue weighted by Gasteiger charge is -2.39. The molecule has 2 aliphatic heterocycles. The fourth-order valence-corrected chi connectivity index (χ4v) is 4.23. The maximum Gasteiger partial charge on any atom is 0.239 e. The molecule has 2 heterocycles. The average molecular weight is 344 g/mol. The van der Waals surface area contributed by atoms with Crippen molar-refractivity contribution in [2.24, 2.45) is 11.7 Å². The number of thioether (sulfide) groups is 1. The minimum Gasteiger partial charge on any atom is -0.373 e. The van der Waals surface area contributed by atoms with Crippen LogP contribution in [0.5, 0.6) is 0 Å². The Morgan fingerprint density at radius 1 is 1.26 bits per heavy atom. The second kappa shape index (κ2) is 9.25. The van der Waals surface area contributed by atoms with E-state index in [1.54, 1.807) is 11.8 Å². The zero-order chi connectivity index (χ0) is 16.8. The number of likely N-dealkylation sites (tertiary alicyclic amines) is 1. The van der Waals surface area contributed by atoms with Gasteiger partial charge in [-0.2, -0.15) is 11.8 Å². The average Bonchev–Trinajstić information content (AvgIpc) is 2.51. The summed E-state index contributed by atoms with van der Waals surface area (Å²) in [5.74, 6) is 1.79. The molecule has 2 unspecified atom stereocenters. The van der Waals surface area contributed by atoms with Crippen molar-refractivity contribution in [3.05, 3.63) is 0 Å². The molecule has 2 fully saturated rings. The van der Waals surface area contributed by atoms with Crippen molar-refractivity contribution in [2.75, 3.05) is 44.7 Å². The summed E-state index contributed by atoms with van der Waals surface area (Å²) in [7, 11) is 0. The number of morpholine rings is 1. The monoisotopic (exact) mass is 343 g/mol. The van der Waals surface area contributed by atoms with Gasteiger partial charge in [0, 0.05) is 32.7 Å². The third-order valence-electron chi connectivity index (χ3n) is 4.89. The van der Waals surface area contributed by atoms with Crippen LogP contribution in [0.1, 0.15) is 33.1 Å².